The molecule has 1 unspecified atom stereocenters. The van der Waals surface area contributed by atoms with Crippen molar-refractivity contribution in [1.29, 1.82) is 0 Å². The second-order valence-corrected chi connectivity index (χ2v) is 4.66. The molecule has 1 aromatic rings. The van der Waals surface area contributed by atoms with Crippen LogP contribution in [0.3, 0.4) is 0 Å². The van der Waals surface area contributed by atoms with Crippen LogP contribution in [-0.4, -0.2) is 13.2 Å². The summed E-state index contributed by atoms with van der Waals surface area (Å²) in [5, 5.41) is 0. The molecular weight excluding hydrogens is 202 g/mol. The van der Waals surface area contributed by atoms with Crippen LogP contribution in [0.4, 0.5) is 0 Å². The predicted molar refractivity (Wildman–Crippen MR) is 61.7 cm³/mol. The molecule has 1 saturated carbocycles. The first-order chi connectivity index (χ1) is 7.84. The van der Waals surface area contributed by atoms with Crippen LogP contribution in [0, 0.1) is 5.92 Å². The molecule has 0 bridgehead atoms. The van der Waals surface area contributed by atoms with Gasteiger partial charge in [0, 0.05) is 11.6 Å². The van der Waals surface area contributed by atoms with Gasteiger partial charge in [-0.15, -0.1) is 0 Å². The van der Waals surface area contributed by atoms with Crippen molar-refractivity contribution in [2.45, 2.75) is 25.3 Å². The lowest BCUT2D eigenvalue weighted by Gasteiger charge is -2.23. The first kappa shape index (κ1) is 9.97. The summed E-state index contributed by atoms with van der Waals surface area (Å²) in [6, 6.07) is 6.09. The van der Waals surface area contributed by atoms with Gasteiger partial charge in [0.25, 0.3) is 0 Å². The molecule has 0 amide bonds. The van der Waals surface area contributed by atoms with E-state index in [4.69, 9.17) is 15.2 Å². The Morgan fingerprint density at radius 1 is 1.25 bits per heavy atom. The molecule has 86 valence electrons. The van der Waals surface area contributed by atoms with Crippen LogP contribution < -0.4 is 15.2 Å². The molecule has 0 aromatic heterocycles. The van der Waals surface area contributed by atoms with Crippen molar-refractivity contribution >= 4 is 0 Å². The van der Waals surface area contributed by atoms with Crippen LogP contribution >= 0.6 is 0 Å². The normalized spacial score (nSPS) is 20.6. The van der Waals surface area contributed by atoms with Gasteiger partial charge in [0.15, 0.2) is 11.5 Å². The maximum Gasteiger partial charge on any atom is 0.166 e. The fourth-order valence-corrected chi connectivity index (χ4v) is 2.23. The van der Waals surface area contributed by atoms with E-state index in [0.717, 1.165) is 29.4 Å². The summed E-state index contributed by atoms with van der Waals surface area (Å²) in [6.45, 7) is 1.26. The van der Waals surface area contributed by atoms with Gasteiger partial charge in [-0.1, -0.05) is 25.0 Å². The second-order valence-electron chi connectivity index (χ2n) is 4.66. The molecule has 2 aliphatic rings. The highest BCUT2D eigenvalue weighted by Crippen LogP contribution is 2.41. The van der Waals surface area contributed by atoms with Gasteiger partial charge in [-0.05, 0) is 18.4 Å². The first-order valence-electron chi connectivity index (χ1n) is 5.98. The summed E-state index contributed by atoms with van der Waals surface area (Å²) in [4.78, 5) is 0. The highest BCUT2D eigenvalue weighted by atomic mass is 16.6. The number of ether oxygens (including phenoxy) is 2. The molecule has 16 heavy (non-hydrogen) atoms. The average Bonchev–Trinajstić information content (AvgIpc) is 3.12. The molecular formula is C13H17NO2. The van der Waals surface area contributed by atoms with Crippen LogP contribution in [0.25, 0.3) is 0 Å². The lowest BCUT2D eigenvalue weighted by molar-refractivity contribution is 0.169. The standard InChI is InChI=1S/C13H17NO2/c14-11(8-9-4-5-9)10-2-1-3-12-13(10)16-7-6-15-12/h1-3,9,11H,4-8,14H2. The summed E-state index contributed by atoms with van der Waals surface area (Å²) in [5.74, 6) is 2.53. The van der Waals surface area contributed by atoms with E-state index in [2.05, 4.69) is 6.07 Å². The summed E-state index contributed by atoms with van der Waals surface area (Å²) >= 11 is 0. The van der Waals surface area contributed by atoms with Crippen molar-refractivity contribution in [3.8, 4) is 11.5 Å². The minimum Gasteiger partial charge on any atom is -0.486 e. The molecule has 1 aliphatic heterocycles. The summed E-state index contributed by atoms with van der Waals surface area (Å²) in [7, 11) is 0. The van der Waals surface area contributed by atoms with Crippen molar-refractivity contribution in [3.05, 3.63) is 23.8 Å². The Morgan fingerprint density at radius 2 is 2.06 bits per heavy atom. The van der Waals surface area contributed by atoms with Gasteiger partial charge in [-0.2, -0.15) is 0 Å². The van der Waals surface area contributed by atoms with Crippen molar-refractivity contribution in [2.24, 2.45) is 11.7 Å². The van der Waals surface area contributed by atoms with Crippen LogP contribution in [0.15, 0.2) is 18.2 Å². The molecule has 3 rings (SSSR count). The van der Waals surface area contributed by atoms with Crippen molar-refractivity contribution in [3.63, 3.8) is 0 Å². The SMILES string of the molecule is NC(CC1CC1)c1cccc2c1OCCO2. The first-order valence-corrected chi connectivity index (χ1v) is 5.98. The minimum atomic E-state index is 0.0872. The lowest BCUT2D eigenvalue weighted by Crippen LogP contribution is -2.19. The smallest absolute Gasteiger partial charge is 0.166 e. The number of hydrogen-bond acceptors (Lipinski definition) is 3. The Kier molecular flexibility index (Phi) is 2.48. The van der Waals surface area contributed by atoms with Gasteiger partial charge >= 0.3 is 0 Å². The van der Waals surface area contributed by atoms with E-state index in [1.165, 1.54) is 12.8 Å². The van der Waals surface area contributed by atoms with Gasteiger partial charge in [0.1, 0.15) is 13.2 Å². The Morgan fingerprint density at radius 3 is 2.88 bits per heavy atom. The Hall–Kier alpha value is -1.22. The Balaban J connectivity index is 1.86. The van der Waals surface area contributed by atoms with Crippen LogP contribution in [-0.2, 0) is 0 Å². The van der Waals surface area contributed by atoms with Gasteiger partial charge < -0.3 is 15.2 Å². The fourth-order valence-electron chi connectivity index (χ4n) is 2.23. The van der Waals surface area contributed by atoms with E-state index in [1.54, 1.807) is 0 Å². The second kappa shape index (κ2) is 3.98. The quantitative estimate of drug-likeness (QED) is 0.848. The lowest BCUT2D eigenvalue weighted by atomic mass is 10.0. The minimum absolute atomic E-state index is 0.0872. The van der Waals surface area contributed by atoms with Crippen LogP contribution in [0.1, 0.15) is 30.9 Å². The molecule has 3 nitrogen and oxygen atoms in total. The molecule has 1 fully saturated rings. The van der Waals surface area contributed by atoms with Gasteiger partial charge in [0.2, 0.25) is 0 Å². The van der Waals surface area contributed by atoms with Crippen LogP contribution in [0.5, 0.6) is 11.5 Å². The van der Waals surface area contributed by atoms with E-state index in [9.17, 15) is 0 Å². The zero-order valence-electron chi connectivity index (χ0n) is 9.32. The van der Waals surface area contributed by atoms with E-state index in [0.29, 0.717) is 13.2 Å². The highest BCUT2D eigenvalue weighted by molar-refractivity contribution is 5.48. The molecule has 1 atom stereocenters. The molecule has 1 aliphatic carbocycles. The Bertz CT molecular complexity index is 388. The third kappa shape index (κ3) is 1.87. The zero-order chi connectivity index (χ0) is 11.0. The maximum atomic E-state index is 6.22. The summed E-state index contributed by atoms with van der Waals surface area (Å²) < 4.78 is 11.2. The summed E-state index contributed by atoms with van der Waals surface area (Å²) in [6.07, 6.45) is 3.74. The number of fused-ring (bicyclic) bond motifs is 1. The molecule has 0 radical (unpaired) electrons. The molecule has 3 heteroatoms. The number of para-hydroxylation sites is 1. The van der Waals surface area contributed by atoms with E-state index >= 15 is 0 Å². The van der Waals surface area contributed by atoms with E-state index in [-0.39, 0.29) is 6.04 Å². The van der Waals surface area contributed by atoms with Gasteiger partial charge in [-0.25, -0.2) is 0 Å². The maximum absolute atomic E-state index is 6.22. The zero-order valence-corrected chi connectivity index (χ0v) is 9.32. The van der Waals surface area contributed by atoms with Crippen molar-refractivity contribution in [1.82, 2.24) is 0 Å². The molecule has 1 aromatic carbocycles. The molecule has 0 spiro atoms. The third-order valence-corrected chi connectivity index (χ3v) is 3.28. The summed E-state index contributed by atoms with van der Waals surface area (Å²) in [5.41, 5.74) is 7.33. The third-order valence-electron chi connectivity index (χ3n) is 3.28. The average molecular weight is 219 g/mol. The number of benzene rings is 1. The van der Waals surface area contributed by atoms with Crippen molar-refractivity contribution < 1.29 is 9.47 Å². The van der Waals surface area contributed by atoms with Gasteiger partial charge in [0.05, 0.1) is 0 Å². The molecule has 1 heterocycles. The Labute approximate surface area is 95.5 Å². The largest absolute Gasteiger partial charge is 0.486 e. The molecule has 2 N–H and O–H groups in total. The number of nitrogens with two attached hydrogens (primary N) is 1. The van der Waals surface area contributed by atoms with Gasteiger partial charge in [-0.3, -0.25) is 0 Å². The van der Waals surface area contributed by atoms with E-state index in [1.807, 2.05) is 12.1 Å². The number of rotatable bonds is 3. The predicted octanol–water partition coefficient (Wildman–Crippen LogP) is 2.26. The topological polar surface area (TPSA) is 44.5 Å². The number of hydrogen-bond donors (Lipinski definition) is 1. The van der Waals surface area contributed by atoms with E-state index < -0.39 is 0 Å². The van der Waals surface area contributed by atoms with Crippen LogP contribution in [0.2, 0.25) is 0 Å². The monoisotopic (exact) mass is 219 g/mol. The van der Waals surface area contributed by atoms with Crippen molar-refractivity contribution in [2.75, 3.05) is 13.2 Å². The highest BCUT2D eigenvalue weighted by Gasteiger charge is 2.27. The molecule has 0 saturated heterocycles. The fraction of sp³-hybridized carbons (Fsp3) is 0.538.